The number of rotatable bonds is 5. The van der Waals surface area contributed by atoms with Gasteiger partial charge in [-0.3, -0.25) is 4.79 Å². The predicted octanol–water partition coefficient (Wildman–Crippen LogP) is 1.72. The fourth-order valence-corrected chi connectivity index (χ4v) is 4.17. The van der Waals surface area contributed by atoms with Crippen molar-refractivity contribution in [2.24, 2.45) is 5.92 Å². The maximum Gasteiger partial charge on any atom is 0.224 e. The summed E-state index contributed by atoms with van der Waals surface area (Å²) in [5.74, 6) is 0.278. The molecule has 134 valence electrons. The average Bonchev–Trinajstić information content (AvgIpc) is 3.09. The van der Waals surface area contributed by atoms with Crippen LogP contribution in [0.1, 0.15) is 32.4 Å². The molecule has 24 heavy (non-hydrogen) atoms. The number of thiazole rings is 1. The zero-order valence-electron chi connectivity index (χ0n) is 14.7. The molecule has 7 heteroatoms. The summed E-state index contributed by atoms with van der Waals surface area (Å²) in [6.45, 7) is 10.2. The van der Waals surface area contributed by atoms with Crippen LogP contribution in [0.4, 0.5) is 5.13 Å². The van der Waals surface area contributed by atoms with Crippen molar-refractivity contribution in [3.8, 4) is 0 Å². The van der Waals surface area contributed by atoms with Gasteiger partial charge in [0.25, 0.3) is 0 Å². The maximum absolute atomic E-state index is 12.5. The SMILES string of the molecule is CC(C)N1CCC[C@H](C(=O)NCc2csc(N3CCOCC3)n2)C1. The average molecular weight is 353 g/mol. The molecule has 1 aromatic rings. The van der Waals surface area contributed by atoms with Gasteiger partial charge < -0.3 is 19.9 Å². The Bertz CT molecular complexity index is 542. The molecule has 1 aromatic heterocycles. The van der Waals surface area contributed by atoms with Gasteiger partial charge in [-0.25, -0.2) is 4.98 Å². The molecule has 2 aliphatic heterocycles. The van der Waals surface area contributed by atoms with Gasteiger partial charge in [-0.15, -0.1) is 11.3 Å². The molecule has 3 heterocycles. The second-order valence-electron chi connectivity index (χ2n) is 6.87. The topological polar surface area (TPSA) is 57.7 Å². The van der Waals surface area contributed by atoms with Gasteiger partial charge in [-0.1, -0.05) is 0 Å². The molecule has 2 saturated heterocycles. The summed E-state index contributed by atoms with van der Waals surface area (Å²) < 4.78 is 5.37. The van der Waals surface area contributed by atoms with Crippen molar-refractivity contribution in [1.29, 1.82) is 0 Å². The number of carbonyl (C=O) groups excluding carboxylic acids is 1. The van der Waals surface area contributed by atoms with Crippen molar-refractivity contribution in [3.05, 3.63) is 11.1 Å². The van der Waals surface area contributed by atoms with Crippen molar-refractivity contribution in [3.63, 3.8) is 0 Å². The Balaban J connectivity index is 1.48. The first-order valence-corrected chi connectivity index (χ1v) is 9.80. The number of ether oxygens (including phenoxy) is 1. The minimum Gasteiger partial charge on any atom is -0.378 e. The van der Waals surface area contributed by atoms with Gasteiger partial charge in [0, 0.05) is 31.1 Å². The van der Waals surface area contributed by atoms with Crippen molar-refractivity contribution in [2.45, 2.75) is 39.3 Å². The van der Waals surface area contributed by atoms with Gasteiger partial charge in [-0.05, 0) is 33.2 Å². The minimum absolute atomic E-state index is 0.110. The van der Waals surface area contributed by atoms with E-state index in [-0.39, 0.29) is 11.8 Å². The van der Waals surface area contributed by atoms with Crippen LogP contribution in [0.15, 0.2) is 5.38 Å². The first-order valence-electron chi connectivity index (χ1n) is 8.92. The van der Waals surface area contributed by atoms with Crippen LogP contribution < -0.4 is 10.2 Å². The number of hydrogen-bond donors (Lipinski definition) is 1. The summed E-state index contributed by atoms with van der Waals surface area (Å²) >= 11 is 1.65. The lowest BCUT2D eigenvalue weighted by Gasteiger charge is -2.34. The second kappa shape index (κ2) is 8.27. The number of carbonyl (C=O) groups is 1. The van der Waals surface area contributed by atoms with Crippen molar-refractivity contribution >= 4 is 22.4 Å². The Kier molecular flexibility index (Phi) is 6.08. The number of nitrogens with one attached hydrogen (secondary N) is 1. The number of amides is 1. The van der Waals surface area contributed by atoms with Crippen LogP contribution >= 0.6 is 11.3 Å². The lowest BCUT2D eigenvalue weighted by molar-refractivity contribution is -0.127. The van der Waals surface area contributed by atoms with E-state index in [1.54, 1.807) is 11.3 Å². The molecule has 2 aliphatic rings. The van der Waals surface area contributed by atoms with Crippen LogP contribution in [0, 0.1) is 5.92 Å². The van der Waals surface area contributed by atoms with E-state index in [9.17, 15) is 4.79 Å². The highest BCUT2D eigenvalue weighted by molar-refractivity contribution is 7.13. The molecule has 1 amide bonds. The predicted molar refractivity (Wildman–Crippen MR) is 96.4 cm³/mol. The van der Waals surface area contributed by atoms with Crippen LogP contribution in [0.25, 0.3) is 0 Å². The smallest absolute Gasteiger partial charge is 0.224 e. The second-order valence-corrected chi connectivity index (χ2v) is 7.70. The molecular weight excluding hydrogens is 324 g/mol. The van der Waals surface area contributed by atoms with Crippen LogP contribution in [-0.4, -0.2) is 61.2 Å². The Labute approximate surface area is 148 Å². The third kappa shape index (κ3) is 4.46. The molecule has 3 rings (SSSR count). The zero-order valence-corrected chi connectivity index (χ0v) is 15.5. The van der Waals surface area contributed by atoms with E-state index in [4.69, 9.17) is 4.74 Å². The first kappa shape index (κ1) is 17.6. The van der Waals surface area contributed by atoms with E-state index < -0.39 is 0 Å². The quantitative estimate of drug-likeness (QED) is 0.874. The largest absolute Gasteiger partial charge is 0.378 e. The van der Waals surface area contributed by atoms with Gasteiger partial charge in [0.05, 0.1) is 31.4 Å². The number of morpholine rings is 1. The van der Waals surface area contributed by atoms with Gasteiger partial charge in [-0.2, -0.15) is 0 Å². The lowest BCUT2D eigenvalue weighted by atomic mass is 9.96. The maximum atomic E-state index is 12.5. The summed E-state index contributed by atoms with van der Waals surface area (Å²) in [6.07, 6.45) is 2.10. The van der Waals surface area contributed by atoms with Crippen molar-refractivity contribution in [2.75, 3.05) is 44.3 Å². The number of aromatic nitrogens is 1. The molecule has 0 unspecified atom stereocenters. The molecule has 0 saturated carbocycles. The highest BCUT2D eigenvalue weighted by Crippen LogP contribution is 2.22. The Morgan fingerprint density at radius 3 is 2.96 bits per heavy atom. The van der Waals surface area contributed by atoms with Crippen molar-refractivity contribution < 1.29 is 9.53 Å². The number of piperidine rings is 1. The highest BCUT2D eigenvalue weighted by Gasteiger charge is 2.26. The van der Waals surface area contributed by atoms with Crippen LogP contribution in [0.5, 0.6) is 0 Å². The molecule has 1 atom stereocenters. The van der Waals surface area contributed by atoms with Gasteiger partial charge in [0.2, 0.25) is 5.91 Å². The highest BCUT2D eigenvalue weighted by atomic mass is 32.1. The van der Waals surface area contributed by atoms with Gasteiger partial charge in [0.1, 0.15) is 0 Å². The van der Waals surface area contributed by atoms with Crippen molar-refractivity contribution in [1.82, 2.24) is 15.2 Å². The normalized spacial score (nSPS) is 22.8. The lowest BCUT2D eigenvalue weighted by Crippen LogP contribution is -2.45. The van der Waals surface area contributed by atoms with E-state index in [2.05, 4.69) is 33.9 Å². The van der Waals surface area contributed by atoms with Crippen LogP contribution in [0.2, 0.25) is 0 Å². The summed E-state index contributed by atoms with van der Waals surface area (Å²) in [7, 11) is 0. The molecule has 0 radical (unpaired) electrons. The minimum atomic E-state index is 0.110. The number of nitrogens with zero attached hydrogens (tertiary/aromatic N) is 3. The first-order chi connectivity index (χ1) is 11.6. The standard InChI is InChI=1S/C17H28N4O2S/c1-13(2)21-5-3-4-14(11-21)16(22)18-10-15-12-24-17(19-15)20-6-8-23-9-7-20/h12-14H,3-11H2,1-2H3,(H,18,22)/t14-/m0/s1. The monoisotopic (exact) mass is 352 g/mol. The Morgan fingerprint density at radius 2 is 2.21 bits per heavy atom. The molecular formula is C17H28N4O2S. The Hall–Kier alpha value is -1.18. The van der Waals surface area contributed by atoms with Crippen LogP contribution in [-0.2, 0) is 16.1 Å². The molecule has 6 nitrogen and oxygen atoms in total. The molecule has 1 N–H and O–H groups in total. The number of anilines is 1. The Morgan fingerprint density at radius 1 is 1.42 bits per heavy atom. The molecule has 2 fully saturated rings. The summed E-state index contributed by atoms with van der Waals surface area (Å²) in [5, 5.41) is 6.16. The van der Waals surface area contributed by atoms with E-state index in [1.807, 2.05) is 5.38 Å². The third-order valence-corrected chi connectivity index (χ3v) is 5.77. The molecule has 0 spiro atoms. The van der Waals surface area contributed by atoms with E-state index >= 15 is 0 Å². The molecule has 0 aromatic carbocycles. The number of hydrogen-bond acceptors (Lipinski definition) is 6. The van der Waals surface area contributed by atoms with E-state index in [0.29, 0.717) is 12.6 Å². The summed E-state index contributed by atoms with van der Waals surface area (Å²) in [4.78, 5) is 21.8. The van der Waals surface area contributed by atoms with E-state index in [0.717, 1.165) is 63.1 Å². The third-order valence-electron chi connectivity index (χ3n) is 4.82. The zero-order chi connectivity index (χ0) is 16.9. The van der Waals surface area contributed by atoms with E-state index in [1.165, 1.54) is 0 Å². The number of likely N-dealkylation sites (tertiary alicyclic amines) is 1. The van der Waals surface area contributed by atoms with Crippen LogP contribution in [0.3, 0.4) is 0 Å². The fourth-order valence-electron chi connectivity index (χ4n) is 3.29. The fraction of sp³-hybridized carbons (Fsp3) is 0.765. The molecule has 0 aliphatic carbocycles. The van der Waals surface area contributed by atoms with Gasteiger partial charge in [0.15, 0.2) is 5.13 Å². The molecule has 0 bridgehead atoms. The van der Waals surface area contributed by atoms with Gasteiger partial charge >= 0.3 is 0 Å². The summed E-state index contributed by atoms with van der Waals surface area (Å²) in [5.41, 5.74) is 0.950. The summed E-state index contributed by atoms with van der Waals surface area (Å²) in [6, 6.07) is 0.509.